The monoisotopic (exact) mass is 246 g/mol. The van der Waals surface area contributed by atoms with Crippen LogP contribution in [0.2, 0.25) is 10.3 Å². The van der Waals surface area contributed by atoms with Gasteiger partial charge in [0, 0.05) is 11.5 Å². The van der Waals surface area contributed by atoms with Crippen LogP contribution in [0, 0.1) is 0 Å². The van der Waals surface area contributed by atoms with Crippen molar-refractivity contribution in [1.82, 2.24) is 9.97 Å². The second-order valence-corrected chi connectivity index (χ2v) is 4.42. The molecule has 0 bridgehead atoms. The van der Waals surface area contributed by atoms with E-state index in [4.69, 9.17) is 23.2 Å². The van der Waals surface area contributed by atoms with Crippen molar-refractivity contribution in [3.8, 4) is 0 Å². The van der Waals surface area contributed by atoms with Crippen molar-refractivity contribution in [2.45, 2.75) is 46.0 Å². The van der Waals surface area contributed by atoms with E-state index in [9.17, 15) is 0 Å². The first kappa shape index (κ1) is 12.7. The summed E-state index contributed by atoms with van der Waals surface area (Å²) in [7, 11) is 0. The van der Waals surface area contributed by atoms with Crippen LogP contribution in [-0.2, 0) is 6.42 Å². The molecule has 1 unspecified atom stereocenters. The van der Waals surface area contributed by atoms with E-state index < -0.39 is 0 Å². The van der Waals surface area contributed by atoms with Crippen LogP contribution in [0.3, 0.4) is 0 Å². The van der Waals surface area contributed by atoms with Crippen molar-refractivity contribution < 1.29 is 0 Å². The van der Waals surface area contributed by atoms with Gasteiger partial charge in [-0.25, -0.2) is 9.97 Å². The van der Waals surface area contributed by atoms with E-state index in [2.05, 4.69) is 30.7 Å². The molecule has 0 radical (unpaired) electrons. The summed E-state index contributed by atoms with van der Waals surface area (Å²) in [5.41, 5.74) is 0.868. The molecule has 84 valence electrons. The molecule has 0 aromatic carbocycles. The van der Waals surface area contributed by atoms with Crippen LogP contribution in [0.25, 0.3) is 0 Å². The molecule has 0 amide bonds. The Morgan fingerprint density at radius 1 is 1.13 bits per heavy atom. The molecular formula is C11H16Cl2N2. The average Bonchev–Trinajstić information content (AvgIpc) is 2.22. The average molecular weight is 247 g/mol. The Balaban J connectivity index is 3.07. The molecule has 1 atom stereocenters. The van der Waals surface area contributed by atoms with Crippen molar-refractivity contribution in [2.24, 2.45) is 0 Å². The molecule has 0 N–H and O–H groups in total. The van der Waals surface area contributed by atoms with Crippen LogP contribution < -0.4 is 0 Å². The smallest absolute Gasteiger partial charge is 0.137 e. The Kier molecular flexibility index (Phi) is 4.81. The van der Waals surface area contributed by atoms with Gasteiger partial charge in [-0.1, -0.05) is 50.4 Å². The summed E-state index contributed by atoms with van der Waals surface area (Å²) in [5, 5.41) is 1.01. The summed E-state index contributed by atoms with van der Waals surface area (Å²) in [5.74, 6) is 1.04. The SMILES string of the molecule is CCCc1c(Cl)nc(C(C)CC)nc1Cl. The number of halogens is 2. The van der Waals surface area contributed by atoms with Crippen molar-refractivity contribution in [1.29, 1.82) is 0 Å². The van der Waals surface area contributed by atoms with Gasteiger partial charge in [0.25, 0.3) is 0 Å². The number of hydrogen-bond acceptors (Lipinski definition) is 2. The van der Waals surface area contributed by atoms with E-state index in [0.717, 1.165) is 30.7 Å². The van der Waals surface area contributed by atoms with Gasteiger partial charge in [-0.15, -0.1) is 0 Å². The minimum absolute atomic E-state index is 0.302. The lowest BCUT2D eigenvalue weighted by Gasteiger charge is -2.10. The molecule has 0 aliphatic heterocycles. The van der Waals surface area contributed by atoms with Crippen LogP contribution in [0.15, 0.2) is 0 Å². The Morgan fingerprint density at radius 2 is 1.67 bits per heavy atom. The molecule has 0 aliphatic carbocycles. The van der Waals surface area contributed by atoms with Gasteiger partial charge in [0.05, 0.1) is 0 Å². The number of rotatable bonds is 4. The summed E-state index contributed by atoms with van der Waals surface area (Å²) >= 11 is 12.2. The predicted octanol–water partition coefficient (Wildman–Crippen LogP) is 4.25. The number of aromatic nitrogens is 2. The molecular weight excluding hydrogens is 231 g/mol. The van der Waals surface area contributed by atoms with Gasteiger partial charge < -0.3 is 0 Å². The normalized spacial score (nSPS) is 12.9. The molecule has 1 aromatic heterocycles. The minimum atomic E-state index is 0.302. The minimum Gasteiger partial charge on any atom is -0.221 e. The fourth-order valence-corrected chi connectivity index (χ4v) is 1.90. The Hall–Kier alpha value is -0.340. The maximum Gasteiger partial charge on any atom is 0.137 e. The fourth-order valence-electron chi connectivity index (χ4n) is 1.31. The van der Waals surface area contributed by atoms with Crippen molar-refractivity contribution in [3.05, 3.63) is 21.7 Å². The van der Waals surface area contributed by atoms with Crippen LogP contribution >= 0.6 is 23.2 Å². The van der Waals surface area contributed by atoms with E-state index in [1.54, 1.807) is 0 Å². The van der Waals surface area contributed by atoms with Gasteiger partial charge in [-0.3, -0.25) is 0 Å². The molecule has 1 rings (SSSR count). The van der Waals surface area contributed by atoms with Gasteiger partial charge in [-0.05, 0) is 12.8 Å². The van der Waals surface area contributed by atoms with E-state index in [-0.39, 0.29) is 0 Å². The maximum absolute atomic E-state index is 6.08. The molecule has 4 heteroatoms. The van der Waals surface area contributed by atoms with Gasteiger partial charge in [0.1, 0.15) is 16.1 Å². The van der Waals surface area contributed by atoms with Gasteiger partial charge in [-0.2, -0.15) is 0 Å². The molecule has 1 aromatic rings. The Labute approximate surface area is 101 Å². The fraction of sp³-hybridized carbons (Fsp3) is 0.636. The summed E-state index contributed by atoms with van der Waals surface area (Å²) in [6.07, 6.45) is 2.81. The highest BCUT2D eigenvalue weighted by atomic mass is 35.5. The van der Waals surface area contributed by atoms with E-state index in [1.807, 2.05) is 0 Å². The highest BCUT2D eigenvalue weighted by Gasteiger charge is 2.13. The highest BCUT2D eigenvalue weighted by molar-refractivity contribution is 6.34. The standard InChI is InChI=1S/C11H16Cl2N2/c1-4-6-8-9(12)14-11(7(3)5-2)15-10(8)13/h7H,4-6H2,1-3H3. The van der Waals surface area contributed by atoms with Crippen LogP contribution in [0.1, 0.15) is 50.9 Å². The third kappa shape index (κ3) is 3.05. The van der Waals surface area contributed by atoms with Gasteiger partial charge >= 0.3 is 0 Å². The Bertz CT molecular complexity index is 316. The Morgan fingerprint density at radius 3 is 2.07 bits per heavy atom. The van der Waals surface area contributed by atoms with Gasteiger partial charge in [0.2, 0.25) is 0 Å². The highest BCUT2D eigenvalue weighted by Crippen LogP contribution is 2.25. The molecule has 0 saturated carbocycles. The lowest BCUT2D eigenvalue weighted by molar-refractivity contribution is 0.675. The number of hydrogen-bond donors (Lipinski definition) is 0. The number of nitrogens with zero attached hydrogens (tertiary/aromatic N) is 2. The van der Waals surface area contributed by atoms with E-state index >= 15 is 0 Å². The van der Waals surface area contributed by atoms with Crippen molar-refractivity contribution >= 4 is 23.2 Å². The molecule has 15 heavy (non-hydrogen) atoms. The van der Waals surface area contributed by atoms with E-state index in [0.29, 0.717) is 16.2 Å². The first-order valence-corrected chi connectivity index (χ1v) is 6.07. The maximum atomic E-state index is 6.08. The summed E-state index contributed by atoms with van der Waals surface area (Å²) in [6.45, 7) is 6.24. The largest absolute Gasteiger partial charge is 0.221 e. The molecule has 1 heterocycles. The quantitative estimate of drug-likeness (QED) is 0.743. The summed E-state index contributed by atoms with van der Waals surface area (Å²) < 4.78 is 0. The van der Waals surface area contributed by atoms with Crippen LogP contribution in [0.5, 0.6) is 0 Å². The third-order valence-corrected chi connectivity index (χ3v) is 3.10. The second-order valence-electron chi connectivity index (χ2n) is 3.70. The van der Waals surface area contributed by atoms with E-state index in [1.165, 1.54) is 0 Å². The van der Waals surface area contributed by atoms with Gasteiger partial charge in [0.15, 0.2) is 0 Å². The topological polar surface area (TPSA) is 25.8 Å². The molecule has 0 aliphatic rings. The molecule has 0 fully saturated rings. The van der Waals surface area contributed by atoms with Crippen molar-refractivity contribution in [2.75, 3.05) is 0 Å². The third-order valence-electron chi connectivity index (χ3n) is 2.48. The molecule has 0 saturated heterocycles. The first-order valence-electron chi connectivity index (χ1n) is 5.31. The first-order chi connectivity index (χ1) is 7.10. The summed E-state index contributed by atoms with van der Waals surface area (Å²) in [4.78, 5) is 8.59. The predicted molar refractivity (Wildman–Crippen MR) is 64.8 cm³/mol. The van der Waals surface area contributed by atoms with Crippen molar-refractivity contribution in [3.63, 3.8) is 0 Å². The lowest BCUT2D eigenvalue weighted by Crippen LogP contribution is -2.03. The summed E-state index contributed by atoms with van der Waals surface area (Å²) in [6, 6.07) is 0. The second kappa shape index (κ2) is 5.66. The molecule has 2 nitrogen and oxygen atoms in total. The zero-order valence-corrected chi connectivity index (χ0v) is 10.9. The van der Waals surface area contributed by atoms with Crippen LogP contribution in [0.4, 0.5) is 0 Å². The van der Waals surface area contributed by atoms with Crippen LogP contribution in [-0.4, -0.2) is 9.97 Å². The zero-order chi connectivity index (χ0) is 11.4. The zero-order valence-electron chi connectivity index (χ0n) is 9.35. The molecule has 0 spiro atoms. The lowest BCUT2D eigenvalue weighted by atomic mass is 10.1.